The van der Waals surface area contributed by atoms with Crippen molar-refractivity contribution in [3.63, 3.8) is 0 Å². The van der Waals surface area contributed by atoms with Crippen LogP contribution < -0.4 is 0 Å². The molecule has 0 fully saturated rings. The fourth-order valence-corrected chi connectivity index (χ4v) is 2.38. The first kappa shape index (κ1) is 15.1. The van der Waals surface area contributed by atoms with E-state index < -0.39 is 15.4 Å². The standard InChI is InChI=1S/C14H23NO2Si/c1-10(16)11-8-7-9-12(15-11)14(5,6)17-18-13(2,3)4/h7-9H,18H2,1-6H3. The van der Waals surface area contributed by atoms with E-state index in [-0.39, 0.29) is 10.8 Å². The molecule has 0 aliphatic rings. The summed E-state index contributed by atoms with van der Waals surface area (Å²) in [5.41, 5.74) is 0.902. The van der Waals surface area contributed by atoms with Crippen molar-refractivity contribution in [2.24, 2.45) is 0 Å². The molecule has 0 aliphatic heterocycles. The number of nitrogens with zero attached hydrogens (tertiary/aromatic N) is 1. The Bertz CT molecular complexity index is 436. The number of aromatic nitrogens is 1. The lowest BCUT2D eigenvalue weighted by Crippen LogP contribution is -2.29. The van der Waals surface area contributed by atoms with E-state index in [9.17, 15) is 4.79 Å². The lowest BCUT2D eigenvalue weighted by Gasteiger charge is -2.29. The van der Waals surface area contributed by atoms with Crippen molar-refractivity contribution < 1.29 is 9.22 Å². The van der Waals surface area contributed by atoms with Crippen LogP contribution in [0.4, 0.5) is 0 Å². The Morgan fingerprint density at radius 2 is 1.83 bits per heavy atom. The van der Waals surface area contributed by atoms with Gasteiger partial charge >= 0.3 is 0 Å². The molecule has 4 heteroatoms. The van der Waals surface area contributed by atoms with Crippen LogP contribution in [0.5, 0.6) is 0 Å². The second kappa shape index (κ2) is 5.32. The third kappa shape index (κ3) is 4.35. The minimum Gasteiger partial charge on any atom is -0.413 e. The van der Waals surface area contributed by atoms with Crippen LogP contribution in [0.25, 0.3) is 0 Å². The molecule has 0 bridgehead atoms. The van der Waals surface area contributed by atoms with Gasteiger partial charge in [0, 0.05) is 6.92 Å². The highest BCUT2D eigenvalue weighted by Gasteiger charge is 2.26. The summed E-state index contributed by atoms with van der Waals surface area (Å²) in [4.78, 5) is 15.7. The maximum absolute atomic E-state index is 11.3. The lowest BCUT2D eigenvalue weighted by molar-refractivity contribution is 0.0989. The molecular formula is C14H23NO2Si. The van der Waals surface area contributed by atoms with Crippen molar-refractivity contribution in [1.82, 2.24) is 4.98 Å². The third-order valence-corrected chi connectivity index (χ3v) is 4.32. The quantitative estimate of drug-likeness (QED) is 0.621. The Kier molecular flexibility index (Phi) is 4.45. The minimum atomic E-state index is -0.655. The Labute approximate surface area is 112 Å². The van der Waals surface area contributed by atoms with Crippen molar-refractivity contribution in [1.29, 1.82) is 0 Å². The smallest absolute Gasteiger partial charge is 0.178 e. The van der Waals surface area contributed by atoms with Gasteiger partial charge in [-0.2, -0.15) is 0 Å². The Balaban J connectivity index is 2.90. The topological polar surface area (TPSA) is 39.2 Å². The molecule has 0 spiro atoms. The lowest BCUT2D eigenvalue weighted by atomic mass is 10.0. The molecule has 0 N–H and O–H groups in total. The number of ketones is 1. The van der Waals surface area contributed by atoms with Crippen LogP contribution in [0.3, 0.4) is 0 Å². The van der Waals surface area contributed by atoms with Crippen molar-refractivity contribution >= 4 is 15.5 Å². The van der Waals surface area contributed by atoms with Crippen LogP contribution in [0.1, 0.15) is 57.7 Å². The minimum absolute atomic E-state index is 0.0132. The number of carbonyl (C=O) groups is 1. The first-order valence-corrected chi connectivity index (χ1v) is 7.53. The van der Waals surface area contributed by atoms with E-state index in [0.717, 1.165) is 5.69 Å². The summed E-state index contributed by atoms with van der Waals surface area (Å²) in [7, 11) is -0.655. The first-order valence-electron chi connectivity index (χ1n) is 6.24. The van der Waals surface area contributed by atoms with Crippen molar-refractivity contribution in [2.75, 3.05) is 0 Å². The second-order valence-corrected chi connectivity index (χ2v) is 9.02. The molecule has 0 atom stereocenters. The van der Waals surface area contributed by atoms with Gasteiger partial charge in [-0.3, -0.25) is 4.79 Å². The molecule has 1 heterocycles. The molecular weight excluding hydrogens is 242 g/mol. The van der Waals surface area contributed by atoms with Crippen molar-refractivity contribution in [3.8, 4) is 0 Å². The average Bonchev–Trinajstić information content (AvgIpc) is 2.26. The van der Waals surface area contributed by atoms with Crippen LogP contribution in [0.15, 0.2) is 18.2 Å². The number of carbonyl (C=O) groups excluding carboxylic acids is 1. The molecule has 0 unspecified atom stereocenters. The van der Waals surface area contributed by atoms with Gasteiger partial charge in [0.2, 0.25) is 0 Å². The number of Topliss-reactive ketones (excluding diaryl/α,β-unsaturated/α-hetero) is 1. The second-order valence-electron chi connectivity index (χ2n) is 6.32. The maximum Gasteiger partial charge on any atom is 0.178 e. The van der Waals surface area contributed by atoms with E-state index in [0.29, 0.717) is 5.69 Å². The van der Waals surface area contributed by atoms with Gasteiger partial charge < -0.3 is 4.43 Å². The summed E-state index contributed by atoms with van der Waals surface area (Å²) in [5.74, 6) is -0.0132. The van der Waals surface area contributed by atoms with Gasteiger partial charge in [-0.1, -0.05) is 26.8 Å². The van der Waals surface area contributed by atoms with E-state index >= 15 is 0 Å². The van der Waals surface area contributed by atoms with Crippen LogP contribution in [0, 0.1) is 0 Å². The zero-order valence-electron chi connectivity index (χ0n) is 12.2. The van der Waals surface area contributed by atoms with Gasteiger partial charge in [0.05, 0.1) is 11.3 Å². The van der Waals surface area contributed by atoms with Crippen molar-refractivity contribution in [2.45, 2.75) is 52.2 Å². The van der Waals surface area contributed by atoms with Gasteiger partial charge in [0.25, 0.3) is 0 Å². The molecule has 0 aromatic carbocycles. The Morgan fingerprint density at radius 3 is 2.33 bits per heavy atom. The molecule has 0 radical (unpaired) electrons. The molecule has 100 valence electrons. The van der Waals surface area contributed by atoms with Crippen LogP contribution >= 0.6 is 0 Å². The van der Waals surface area contributed by atoms with Crippen LogP contribution in [-0.4, -0.2) is 20.5 Å². The molecule has 3 nitrogen and oxygen atoms in total. The highest BCUT2D eigenvalue weighted by molar-refractivity contribution is 6.31. The zero-order chi connectivity index (χ0) is 14.0. The van der Waals surface area contributed by atoms with E-state index in [1.807, 2.05) is 26.0 Å². The predicted octanol–water partition coefficient (Wildman–Crippen LogP) is 2.84. The SMILES string of the molecule is CC(=O)c1cccc(C(C)(C)O[SiH2]C(C)(C)C)n1. The van der Waals surface area contributed by atoms with Gasteiger partial charge in [-0.15, -0.1) is 0 Å². The number of hydrogen-bond acceptors (Lipinski definition) is 3. The summed E-state index contributed by atoms with van der Waals surface area (Å²) < 4.78 is 6.08. The summed E-state index contributed by atoms with van der Waals surface area (Å²) in [6, 6.07) is 5.52. The van der Waals surface area contributed by atoms with E-state index in [1.165, 1.54) is 6.92 Å². The molecule has 1 aromatic heterocycles. The molecule has 18 heavy (non-hydrogen) atoms. The van der Waals surface area contributed by atoms with Gasteiger partial charge in [-0.25, -0.2) is 4.98 Å². The third-order valence-electron chi connectivity index (χ3n) is 2.59. The molecule has 0 aliphatic carbocycles. The summed E-state index contributed by atoms with van der Waals surface area (Å²) in [5, 5.41) is 0.245. The predicted molar refractivity (Wildman–Crippen MR) is 76.6 cm³/mol. The molecule has 1 aromatic rings. The van der Waals surface area contributed by atoms with E-state index in [2.05, 4.69) is 25.8 Å². The van der Waals surface area contributed by atoms with Gasteiger partial charge in [-0.05, 0) is 31.0 Å². The van der Waals surface area contributed by atoms with E-state index in [1.54, 1.807) is 6.07 Å². The van der Waals surface area contributed by atoms with Crippen molar-refractivity contribution in [3.05, 3.63) is 29.6 Å². The highest BCUT2D eigenvalue weighted by atomic mass is 28.2. The Morgan fingerprint density at radius 1 is 1.22 bits per heavy atom. The van der Waals surface area contributed by atoms with Crippen LogP contribution in [-0.2, 0) is 10.0 Å². The van der Waals surface area contributed by atoms with E-state index in [4.69, 9.17) is 4.43 Å². The van der Waals surface area contributed by atoms with Gasteiger partial charge in [0.15, 0.2) is 15.5 Å². The fourth-order valence-electron chi connectivity index (χ4n) is 1.44. The number of rotatable bonds is 4. The number of hydrogen-bond donors (Lipinski definition) is 0. The molecule has 0 saturated carbocycles. The zero-order valence-corrected chi connectivity index (χ0v) is 13.6. The largest absolute Gasteiger partial charge is 0.413 e. The van der Waals surface area contributed by atoms with Gasteiger partial charge in [0.1, 0.15) is 5.69 Å². The normalized spacial score (nSPS) is 13.2. The first-order chi connectivity index (χ1) is 8.12. The van der Waals surface area contributed by atoms with Crippen LogP contribution in [0.2, 0.25) is 5.04 Å². The maximum atomic E-state index is 11.3. The molecule has 1 rings (SSSR count). The highest BCUT2D eigenvalue weighted by Crippen LogP contribution is 2.28. The fraction of sp³-hybridized carbons (Fsp3) is 0.571. The summed E-state index contributed by atoms with van der Waals surface area (Å²) in [6.45, 7) is 12.1. The summed E-state index contributed by atoms with van der Waals surface area (Å²) in [6.07, 6.45) is 0. The molecule has 0 saturated heterocycles. The average molecular weight is 265 g/mol. The molecule has 0 amide bonds. The summed E-state index contributed by atoms with van der Waals surface area (Å²) >= 11 is 0. The monoisotopic (exact) mass is 265 g/mol. The number of pyridine rings is 1. The Hall–Kier alpha value is -1.00.